The van der Waals surface area contributed by atoms with Crippen LogP contribution in [0.5, 0.6) is 5.75 Å². The van der Waals surface area contributed by atoms with Gasteiger partial charge in [-0.3, -0.25) is 9.10 Å². The zero-order valence-electron chi connectivity index (χ0n) is 20.0. The number of nitrogens with one attached hydrogen (secondary N) is 2. The number of anilines is 1. The Morgan fingerprint density at radius 3 is 2.41 bits per heavy atom. The van der Waals surface area contributed by atoms with Crippen LogP contribution in [0.25, 0.3) is 0 Å². The van der Waals surface area contributed by atoms with Gasteiger partial charge in [-0.25, -0.2) is 21.6 Å². The summed E-state index contributed by atoms with van der Waals surface area (Å²) in [5, 5.41) is 2.60. The van der Waals surface area contributed by atoms with Gasteiger partial charge in [0.2, 0.25) is 10.0 Å². The maximum absolute atomic E-state index is 13.2. The summed E-state index contributed by atoms with van der Waals surface area (Å²) in [6.07, 6.45) is 0.632. The number of rotatable bonds is 10. The van der Waals surface area contributed by atoms with Crippen LogP contribution in [0, 0.1) is 6.92 Å². The molecule has 0 fully saturated rings. The highest BCUT2D eigenvalue weighted by Gasteiger charge is 2.31. The number of sulfonamides is 2. The molecule has 1 amide bonds. The number of benzene rings is 3. The Kier molecular flexibility index (Phi) is 8.08. The van der Waals surface area contributed by atoms with Gasteiger partial charge in [0, 0.05) is 19.6 Å². The molecule has 0 aromatic heterocycles. The van der Waals surface area contributed by atoms with Crippen LogP contribution in [-0.4, -0.2) is 49.0 Å². The second-order valence-corrected chi connectivity index (χ2v) is 12.4. The van der Waals surface area contributed by atoms with Gasteiger partial charge >= 0.3 is 0 Å². The molecule has 12 heteroatoms. The van der Waals surface area contributed by atoms with E-state index in [4.69, 9.17) is 16.3 Å². The molecule has 37 heavy (non-hydrogen) atoms. The van der Waals surface area contributed by atoms with Crippen molar-refractivity contribution in [3.8, 4) is 5.75 Å². The van der Waals surface area contributed by atoms with E-state index in [0.29, 0.717) is 18.7 Å². The molecule has 0 aliphatic carbocycles. The van der Waals surface area contributed by atoms with Crippen molar-refractivity contribution in [1.82, 2.24) is 10.0 Å². The standard InChI is InChI=1S/C25H26ClN3O6S2/c1-18-6-8-20(9-7-18)36(31,32)28-14-13-27-25(30)17-35-24-11-10-21(16-22(24)26)37(33,34)29-15-12-19-4-2-3-5-23(19)29/h2-11,16,28H,12-15,17H2,1H3,(H,27,30). The van der Waals surface area contributed by atoms with E-state index in [9.17, 15) is 21.6 Å². The van der Waals surface area contributed by atoms with Crippen LogP contribution in [0.2, 0.25) is 5.02 Å². The Morgan fingerprint density at radius 1 is 0.973 bits per heavy atom. The highest BCUT2D eigenvalue weighted by Crippen LogP contribution is 2.35. The van der Waals surface area contributed by atoms with E-state index < -0.39 is 26.0 Å². The number of hydrogen-bond donors (Lipinski definition) is 2. The largest absolute Gasteiger partial charge is 0.482 e. The van der Waals surface area contributed by atoms with Gasteiger partial charge in [-0.1, -0.05) is 47.5 Å². The number of aryl methyl sites for hydroxylation is 1. The topological polar surface area (TPSA) is 122 Å². The van der Waals surface area contributed by atoms with Gasteiger partial charge in [0.05, 0.1) is 20.5 Å². The fourth-order valence-electron chi connectivity index (χ4n) is 3.83. The lowest BCUT2D eigenvalue weighted by Crippen LogP contribution is -2.36. The van der Waals surface area contributed by atoms with Gasteiger partial charge < -0.3 is 10.1 Å². The summed E-state index contributed by atoms with van der Waals surface area (Å²) >= 11 is 6.25. The summed E-state index contributed by atoms with van der Waals surface area (Å²) in [7, 11) is -7.49. The summed E-state index contributed by atoms with van der Waals surface area (Å²) in [6, 6.07) is 17.8. The summed E-state index contributed by atoms with van der Waals surface area (Å²) < 4.78 is 60.1. The van der Waals surface area contributed by atoms with Crippen molar-refractivity contribution in [2.45, 2.75) is 23.1 Å². The third-order valence-electron chi connectivity index (χ3n) is 5.77. The lowest BCUT2D eigenvalue weighted by Gasteiger charge is -2.20. The van der Waals surface area contributed by atoms with E-state index in [1.165, 1.54) is 34.6 Å². The summed E-state index contributed by atoms with van der Waals surface area (Å²) in [6.45, 7) is 1.87. The van der Waals surface area contributed by atoms with E-state index >= 15 is 0 Å². The van der Waals surface area contributed by atoms with E-state index in [-0.39, 0.29) is 40.3 Å². The molecule has 0 atom stereocenters. The Hall–Kier alpha value is -3.12. The van der Waals surface area contributed by atoms with E-state index in [0.717, 1.165) is 11.1 Å². The van der Waals surface area contributed by atoms with Gasteiger partial charge in [-0.2, -0.15) is 0 Å². The summed E-state index contributed by atoms with van der Waals surface area (Å²) in [4.78, 5) is 12.3. The normalized spacial score (nSPS) is 13.3. The zero-order chi connectivity index (χ0) is 26.6. The number of para-hydroxylation sites is 1. The molecule has 4 rings (SSSR count). The van der Waals surface area contributed by atoms with Crippen molar-refractivity contribution in [1.29, 1.82) is 0 Å². The molecule has 1 heterocycles. The Morgan fingerprint density at radius 2 is 1.68 bits per heavy atom. The van der Waals surface area contributed by atoms with Gasteiger partial charge in [-0.05, 0) is 55.3 Å². The SMILES string of the molecule is Cc1ccc(S(=O)(=O)NCCNC(=O)COc2ccc(S(=O)(=O)N3CCc4ccccc43)cc2Cl)cc1. The van der Waals surface area contributed by atoms with E-state index in [2.05, 4.69) is 10.0 Å². The number of carbonyl (C=O) groups excluding carboxylic acids is 1. The minimum atomic E-state index is -3.81. The second-order valence-electron chi connectivity index (χ2n) is 8.40. The Bertz CT molecular complexity index is 1510. The lowest BCUT2D eigenvalue weighted by atomic mass is 10.2. The molecule has 0 unspecified atom stereocenters. The maximum atomic E-state index is 13.2. The van der Waals surface area contributed by atoms with Crippen molar-refractivity contribution in [3.63, 3.8) is 0 Å². The van der Waals surface area contributed by atoms with E-state index in [1.807, 2.05) is 19.1 Å². The van der Waals surface area contributed by atoms with Crippen molar-refractivity contribution in [2.24, 2.45) is 0 Å². The van der Waals surface area contributed by atoms with Crippen LogP contribution in [0.1, 0.15) is 11.1 Å². The average molecular weight is 564 g/mol. The molecule has 1 aliphatic rings. The number of hydrogen-bond acceptors (Lipinski definition) is 6. The molecule has 0 saturated heterocycles. The first-order valence-corrected chi connectivity index (χ1v) is 14.7. The quantitative estimate of drug-likeness (QED) is 0.366. The van der Waals surface area contributed by atoms with Crippen LogP contribution < -0.4 is 19.1 Å². The molecule has 196 valence electrons. The summed E-state index contributed by atoms with van der Waals surface area (Å²) in [5.74, 6) is -0.339. The van der Waals surface area contributed by atoms with Crippen LogP contribution in [0.4, 0.5) is 5.69 Å². The number of carbonyl (C=O) groups is 1. The predicted octanol–water partition coefficient (Wildman–Crippen LogP) is 2.87. The van der Waals surface area contributed by atoms with Crippen LogP contribution >= 0.6 is 11.6 Å². The molecule has 3 aromatic rings. The minimum absolute atomic E-state index is 0.00507. The number of fused-ring (bicyclic) bond motifs is 1. The fourth-order valence-corrected chi connectivity index (χ4v) is 6.69. The number of ether oxygens (including phenoxy) is 1. The molecule has 9 nitrogen and oxygen atoms in total. The van der Waals surface area contributed by atoms with E-state index in [1.54, 1.807) is 24.3 Å². The molecule has 0 spiro atoms. The van der Waals surface area contributed by atoms with Crippen molar-refractivity contribution in [2.75, 3.05) is 30.5 Å². The molecule has 0 bridgehead atoms. The zero-order valence-corrected chi connectivity index (χ0v) is 22.4. The highest BCUT2D eigenvalue weighted by molar-refractivity contribution is 7.92. The smallest absolute Gasteiger partial charge is 0.264 e. The van der Waals surface area contributed by atoms with Crippen LogP contribution in [0.15, 0.2) is 76.5 Å². The van der Waals surface area contributed by atoms with Gasteiger partial charge in [-0.15, -0.1) is 0 Å². The molecule has 0 radical (unpaired) electrons. The number of nitrogens with zero attached hydrogens (tertiary/aromatic N) is 1. The molecule has 1 aliphatic heterocycles. The van der Waals surface area contributed by atoms with Crippen LogP contribution in [-0.2, 0) is 31.3 Å². The fraction of sp³-hybridized carbons (Fsp3) is 0.240. The Balaban J connectivity index is 1.28. The summed E-state index contributed by atoms with van der Waals surface area (Å²) in [5.41, 5.74) is 2.56. The van der Waals surface area contributed by atoms with Gasteiger partial charge in [0.1, 0.15) is 5.75 Å². The van der Waals surface area contributed by atoms with Gasteiger partial charge in [0.25, 0.3) is 15.9 Å². The number of halogens is 1. The predicted molar refractivity (Wildman–Crippen MR) is 141 cm³/mol. The third-order valence-corrected chi connectivity index (χ3v) is 9.35. The molecular formula is C25H26ClN3O6S2. The first-order valence-electron chi connectivity index (χ1n) is 11.4. The molecule has 3 aromatic carbocycles. The van der Waals surface area contributed by atoms with Crippen molar-refractivity contribution >= 4 is 43.2 Å². The molecular weight excluding hydrogens is 538 g/mol. The van der Waals surface area contributed by atoms with Crippen molar-refractivity contribution < 1.29 is 26.4 Å². The third kappa shape index (κ3) is 6.24. The molecule has 2 N–H and O–H groups in total. The number of amides is 1. The molecule has 0 saturated carbocycles. The van der Waals surface area contributed by atoms with Crippen LogP contribution in [0.3, 0.4) is 0 Å². The Labute approximate surface area is 221 Å². The monoisotopic (exact) mass is 563 g/mol. The van der Waals surface area contributed by atoms with Gasteiger partial charge in [0.15, 0.2) is 6.61 Å². The average Bonchev–Trinajstić information content (AvgIpc) is 3.31. The second kappa shape index (κ2) is 11.1. The maximum Gasteiger partial charge on any atom is 0.264 e. The lowest BCUT2D eigenvalue weighted by molar-refractivity contribution is -0.123. The first kappa shape index (κ1) is 26.9. The minimum Gasteiger partial charge on any atom is -0.482 e. The van der Waals surface area contributed by atoms with Crippen molar-refractivity contribution in [3.05, 3.63) is 82.9 Å². The first-order chi connectivity index (χ1) is 17.6. The highest BCUT2D eigenvalue weighted by atomic mass is 35.5.